The van der Waals surface area contributed by atoms with E-state index in [0.717, 1.165) is 36.0 Å². The lowest BCUT2D eigenvalue weighted by atomic mass is 9.76. The second-order valence-electron chi connectivity index (χ2n) is 11.4. The molecular weight excluding hydrogens is 625 g/mol. The number of rotatable bonds is 13. The third-order valence-electron chi connectivity index (χ3n) is 8.18. The molecule has 1 saturated carbocycles. The number of aryl methyl sites for hydroxylation is 1. The van der Waals surface area contributed by atoms with Gasteiger partial charge in [-0.15, -0.1) is 0 Å². The summed E-state index contributed by atoms with van der Waals surface area (Å²) in [5, 5.41) is 16.8. The number of pyridine rings is 1. The molecule has 3 aromatic rings. The van der Waals surface area contributed by atoms with Crippen molar-refractivity contribution in [2.24, 2.45) is 5.92 Å². The van der Waals surface area contributed by atoms with E-state index in [2.05, 4.69) is 10.3 Å². The first-order chi connectivity index (χ1) is 21.2. The monoisotopic (exact) mass is 661 g/mol. The van der Waals surface area contributed by atoms with Crippen LogP contribution in [-0.4, -0.2) is 67.0 Å². The Bertz CT molecular complexity index is 1430. The number of ether oxygens (including phenoxy) is 3. The van der Waals surface area contributed by atoms with Gasteiger partial charge in [0.2, 0.25) is 11.8 Å². The van der Waals surface area contributed by atoms with Crippen LogP contribution in [0.5, 0.6) is 11.6 Å². The van der Waals surface area contributed by atoms with Crippen LogP contribution in [0.1, 0.15) is 41.5 Å². The van der Waals surface area contributed by atoms with Crippen molar-refractivity contribution in [1.82, 2.24) is 15.2 Å². The molecule has 2 aromatic carbocycles. The molecule has 5 rings (SSSR count). The van der Waals surface area contributed by atoms with E-state index in [0.29, 0.717) is 64.9 Å². The summed E-state index contributed by atoms with van der Waals surface area (Å²) in [4.78, 5) is 20.5. The van der Waals surface area contributed by atoms with Crippen molar-refractivity contribution in [2.45, 2.75) is 50.8 Å². The van der Waals surface area contributed by atoms with Gasteiger partial charge in [0.05, 0.1) is 22.6 Å². The highest BCUT2D eigenvalue weighted by molar-refractivity contribution is 6.37. The number of carbonyl (C=O) groups is 1. The number of carbonyl (C=O) groups excluding carboxylic acids is 1. The molecule has 2 fully saturated rings. The standard InChI is InChI=1S/C33H38Cl3N3O5/c1-21-15-28(35)31(29(36)16-21)44-14-13-43-30-8-4-24(18-38-30)33(41)10-11-37-19-26(33)32(40)39(25-5-6-25)20-23-17-22(9-12-42-2)3-7-27(23)34/h3-4,7-8,15-18,25-26,37,41H,5-6,9-14,19-20H2,1-2H3/t26-,33+/m1/s1. The Balaban J connectivity index is 1.25. The van der Waals surface area contributed by atoms with Gasteiger partial charge < -0.3 is 29.5 Å². The topological polar surface area (TPSA) is 93.2 Å². The summed E-state index contributed by atoms with van der Waals surface area (Å²) in [6.07, 6.45) is 4.60. The highest BCUT2D eigenvalue weighted by Crippen LogP contribution is 2.40. The molecule has 1 aliphatic carbocycles. The van der Waals surface area contributed by atoms with Crippen LogP contribution in [0.4, 0.5) is 0 Å². The molecule has 0 unspecified atom stereocenters. The maximum absolute atomic E-state index is 14.2. The second-order valence-corrected chi connectivity index (χ2v) is 12.7. The number of methoxy groups -OCH3 is 1. The Morgan fingerprint density at radius 1 is 1.05 bits per heavy atom. The van der Waals surface area contributed by atoms with Crippen molar-refractivity contribution in [3.63, 3.8) is 0 Å². The molecule has 2 heterocycles. The molecule has 1 aromatic heterocycles. The van der Waals surface area contributed by atoms with Crippen LogP contribution < -0.4 is 14.8 Å². The number of amides is 1. The van der Waals surface area contributed by atoms with Gasteiger partial charge in [-0.2, -0.15) is 0 Å². The molecule has 0 bridgehead atoms. The molecule has 0 radical (unpaired) electrons. The van der Waals surface area contributed by atoms with Crippen LogP contribution in [0.2, 0.25) is 15.1 Å². The van der Waals surface area contributed by atoms with E-state index in [-0.39, 0.29) is 25.2 Å². The zero-order valence-corrected chi connectivity index (χ0v) is 27.2. The Kier molecular flexibility index (Phi) is 10.9. The predicted octanol–water partition coefficient (Wildman–Crippen LogP) is 5.99. The molecule has 2 aliphatic rings. The number of hydrogen-bond acceptors (Lipinski definition) is 7. The highest BCUT2D eigenvalue weighted by Gasteiger charge is 2.48. The van der Waals surface area contributed by atoms with Gasteiger partial charge in [-0.3, -0.25) is 4.79 Å². The van der Waals surface area contributed by atoms with Gasteiger partial charge in [-0.1, -0.05) is 46.9 Å². The van der Waals surface area contributed by atoms with Gasteiger partial charge in [0.25, 0.3) is 0 Å². The molecule has 0 spiro atoms. The minimum absolute atomic E-state index is 0.0912. The normalized spacial score (nSPS) is 19.9. The van der Waals surface area contributed by atoms with E-state index in [9.17, 15) is 9.90 Å². The second kappa shape index (κ2) is 14.7. The molecule has 2 atom stereocenters. The number of aliphatic hydroxyl groups is 1. The van der Waals surface area contributed by atoms with E-state index >= 15 is 0 Å². The lowest BCUT2D eigenvalue weighted by molar-refractivity contribution is -0.150. The first-order valence-corrected chi connectivity index (χ1v) is 16.0. The third-order valence-corrected chi connectivity index (χ3v) is 9.11. The zero-order chi connectivity index (χ0) is 31.3. The molecule has 236 valence electrons. The Morgan fingerprint density at radius 3 is 2.48 bits per heavy atom. The summed E-state index contributed by atoms with van der Waals surface area (Å²) in [5.41, 5.74) is 2.14. The molecule has 1 aliphatic heterocycles. The summed E-state index contributed by atoms with van der Waals surface area (Å²) >= 11 is 19.1. The van der Waals surface area contributed by atoms with Crippen LogP contribution >= 0.6 is 34.8 Å². The number of piperidine rings is 1. The number of nitrogens with zero attached hydrogens (tertiary/aromatic N) is 2. The summed E-state index contributed by atoms with van der Waals surface area (Å²) < 4.78 is 16.7. The van der Waals surface area contributed by atoms with E-state index in [1.54, 1.807) is 37.6 Å². The van der Waals surface area contributed by atoms with Crippen LogP contribution in [0.3, 0.4) is 0 Å². The van der Waals surface area contributed by atoms with Crippen molar-refractivity contribution in [2.75, 3.05) is 40.0 Å². The maximum Gasteiger partial charge on any atom is 0.230 e. The fourth-order valence-corrected chi connectivity index (χ4v) is 6.51. The number of halogens is 3. The minimum atomic E-state index is -1.38. The van der Waals surface area contributed by atoms with E-state index in [4.69, 9.17) is 49.0 Å². The Labute approximate surface area is 273 Å². The smallest absolute Gasteiger partial charge is 0.230 e. The Morgan fingerprint density at radius 2 is 1.80 bits per heavy atom. The number of benzene rings is 2. The van der Waals surface area contributed by atoms with Crippen molar-refractivity contribution >= 4 is 40.7 Å². The average Bonchev–Trinajstić information content (AvgIpc) is 3.85. The summed E-state index contributed by atoms with van der Waals surface area (Å²) in [6.45, 7) is 4.28. The number of hydrogen-bond donors (Lipinski definition) is 2. The summed E-state index contributed by atoms with van der Waals surface area (Å²) in [7, 11) is 1.68. The molecule has 11 heteroatoms. The van der Waals surface area contributed by atoms with Crippen molar-refractivity contribution < 1.29 is 24.1 Å². The number of nitrogens with one attached hydrogen (secondary N) is 1. The van der Waals surface area contributed by atoms with E-state index in [1.165, 1.54) is 0 Å². The molecule has 44 heavy (non-hydrogen) atoms. The van der Waals surface area contributed by atoms with Gasteiger partial charge in [0.15, 0.2) is 5.75 Å². The van der Waals surface area contributed by atoms with E-state index in [1.807, 2.05) is 30.0 Å². The highest BCUT2D eigenvalue weighted by atomic mass is 35.5. The fourth-order valence-electron chi connectivity index (χ4n) is 5.62. The summed E-state index contributed by atoms with van der Waals surface area (Å²) in [6, 6.07) is 13.1. The van der Waals surface area contributed by atoms with Gasteiger partial charge >= 0.3 is 0 Å². The minimum Gasteiger partial charge on any atom is -0.487 e. The lowest BCUT2D eigenvalue weighted by Crippen LogP contribution is -2.55. The molecule has 1 saturated heterocycles. The third kappa shape index (κ3) is 7.79. The first kappa shape index (κ1) is 32.8. The van der Waals surface area contributed by atoms with Crippen molar-refractivity contribution in [1.29, 1.82) is 0 Å². The zero-order valence-electron chi connectivity index (χ0n) is 25.0. The first-order valence-electron chi connectivity index (χ1n) is 14.9. The fraction of sp³-hybridized carbons (Fsp3) is 0.455. The van der Waals surface area contributed by atoms with Gasteiger partial charge in [0, 0.05) is 49.1 Å². The quantitative estimate of drug-likeness (QED) is 0.218. The van der Waals surface area contributed by atoms with E-state index < -0.39 is 11.5 Å². The number of aromatic nitrogens is 1. The van der Waals surface area contributed by atoms with Crippen molar-refractivity contribution in [3.8, 4) is 11.6 Å². The molecular formula is C33H38Cl3N3O5. The van der Waals surface area contributed by atoms with Gasteiger partial charge in [0.1, 0.15) is 18.8 Å². The average molecular weight is 663 g/mol. The van der Waals surface area contributed by atoms with Crippen molar-refractivity contribution in [3.05, 3.63) is 86.0 Å². The SMILES string of the molecule is COCCc1ccc(Cl)c(CN(C(=O)[C@H]2CNCC[C@]2(O)c2ccc(OCCOc3c(Cl)cc(C)cc3Cl)nc2)C2CC2)c1. The van der Waals surface area contributed by atoms with Crippen LogP contribution in [0, 0.1) is 12.8 Å². The van der Waals surface area contributed by atoms with Gasteiger partial charge in [-0.05, 0) is 80.1 Å². The lowest BCUT2D eigenvalue weighted by Gasteiger charge is -2.42. The van der Waals surface area contributed by atoms with Crippen LogP contribution in [-0.2, 0) is 28.1 Å². The van der Waals surface area contributed by atoms with Gasteiger partial charge in [-0.25, -0.2) is 4.98 Å². The summed E-state index contributed by atoms with van der Waals surface area (Å²) in [5.74, 6) is 0.0159. The largest absolute Gasteiger partial charge is 0.487 e. The van der Waals surface area contributed by atoms with Crippen LogP contribution in [0.15, 0.2) is 48.7 Å². The molecule has 8 nitrogen and oxygen atoms in total. The Hall–Kier alpha value is -2.59. The van der Waals surface area contributed by atoms with Crippen LogP contribution in [0.25, 0.3) is 0 Å². The molecule has 2 N–H and O–H groups in total. The molecule has 1 amide bonds. The maximum atomic E-state index is 14.2. The predicted molar refractivity (Wildman–Crippen MR) is 172 cm³/mol.